The minimum absolute atomic E-state index is 0.230. The van der Waals surface area contributed by atoms with Crippen LogP contribution in [0.4, 0.5) is 13.2 Å². The van der Waals surface area contributed by atoms with Gasteiger partial charge in [0.15, 0.2) is 0 Å². The van der Waals surface area contributed by atoms with E-state index in [0.29, 0.717) is 12.2 Å². The molecule has 0 unspecified atom stereocenters. The fourth-order valence-corrected chi connectivity index (χ4v) is 1.41. The van der Waals surface area contributed by atoms with Gasteiger partial charge in [-0.25, -0.2) is 0 Å². The highest BCUT2D eigenvalue weighted by Crippen LogP contribution is 2.30. The second-order valence-electron chi connectivity index (χ2n) is 3.33. The normalized spacial score (nSPS) is 11.7. The second-order valence-corrected chi connectivity index (χ2v) is 3.77. The zero-order chi connectivity index (χ0) is 12.9. The van der Waals surface area contributed by atoms with Gasteiger partial charge in [0.2, 0.25) is 0 Å². The molecule has 0 aliphatic carbocycles. The first-order chi connectivity index (χ1) is 7.99. The summed E-state index contributed by atoms with van der Waals surface area (Å²) >= 11 is 3.99. The Balaban J connectivity index is 3.12. The molecule has 90 valence electrons. The smallest absolute Gasteiger partial charge is 0.192 e. The van der Waals surface area contributed by atoms with Crippen LogP contribution in [0.25, 0.3) is 6.08 Å². The van der Waals surface area contributed by atoms with Crippen LogP contribution in [0.2, 0.25) is 0 Å². The molecule has 0 bridgehead atoms. The molecule has 0 spiro atoms. The Bertz CT molecular complexity index is 458. The maximum atomic E-state index is 12.5. The summed E-state index contributed by atoms with van der Waals surface area (Å²) in [4.78, 5) is 0. The maximum absolute atomic E-state index is 12.5. The molecule has 0 fully saturated rings. The number of alkyl halides is 3. The van der Waals surface area contributed by atoms with Crippen molar-refractivity contribution in [3.63, 3.8) is 0 Å². The minimum Gasteiger partial charge on any atom is -0.192 e. The third-order valence-electron chi connectivity index (χ3n) is 2.09. The van der Waals surface area contributed by atoms with Gasteiger partial charge < -0.3 is 0 Å². The van der Waals surface area contributed by atoms with Crippen LogP contribution in [-0.4, -0.2) is 5.75 Å². The Labute approximate surface area is 103 Å². The SMILES string of the molecule is N#Cc1ccc(C(F)(F)F)cc1C=CCCS. The van der Waals surface area contributed by atoms with Gasteiger partial charge in [-0.1, -0.05) is 12.2 Å². The van der Waals surface area contributed by atoms with Crippen molar-refractivity contribution >= 4 is 18.7 Å². The number of benzene rings is 1. The van der Waals surface area contributed by atoms with Gasteiger partial charge in [0.05, 0.1) is 17.2 Å². The summed E-state index contributed by atoms with van der Waals surface area (Å²) < 4.78 is 37.4. The standard InChI is InChI=1S/C12H10F3NS/c13-12(14,15)11-5-4-10(8-16)9(7-11)3-1-2-6-17/h1,3-5,7,17H,2,6H2. The third kappa shape index (κ3) is 3.82. The van der Waals surface area contributed by atoms with Crippen LogP contribution in [-0.2, 0) is 6.18 Å². The van der Waals surface area contributed by atoms with Gasteiger partial charge in [-0.15, -0.1) is 0 Å². The van der Waals surface area contributed by atoms with Crippen molar-refractivity contribution in [2.75, 3.05) is 5.75 Å². The minimum atomic E-state index is -4.39. The van der Waals surface area contributed by atoms with Crippen molar-refractivity contribution in [3.8, 4) is 6.07 Å². The van der Waals surface area contributed by atoms with E-state index >= 15 is 0 Å². The van der Waals surface area contributed by atoms with Crippen molar-refractivity contribution in [2.45, 2.75) is 12.6 Å². The highest BCUT2D eigenvalue weighted by Gasteiger charge is 2.30. The van der Waals surface area contributed by atoms with Crippen LogP contribution >= 0.6 is 12.6 Å². The van der Waals surface area contributed by atoms with Crippen LogP contribution in [0, 0.1) is 11.3 Å². The van der Waals surface area contributed by atoms with Gasteiger partial charge >= 0.3 is 6.18 Å². The van der Waals surface area contributed by atoms with E-state index in [0.717, 1.165) is 12.1 Å². The molecule has 0 heterocycles. The van der Waals surface area contributed by atoms with E-state index in [2.05, 4.69) is 12.6 Å². The molecule has 0 saturated heterocycles. The van der Waals surface area contributed by atoms with Crippen molar-refractivity contribution < 1.29 is 13.2 Å². The molecular weight excluding hydrogens is 247 g/mol. The topological polar surface area (TPSA) is 23.8 Å². The number of thiol groups is 1. The number of nitriles is 1. The van der Waals surface area contributed by atoms with Gasteiger partial charge in [0, 0.05) is 0 Å². The first kappa shape index (κ1) is 13.7. The zero-order valence-corrected chi connectivity index (χ0v) is 9.72. The number of hydrogen-bond donors (Lipinski definition) is 1. The van der Waals surface area contributed by atoms with Crippen molar-refractivity contribution in [2.24, 2.45) is 0 Å². The number of hydrogen-bond acceptors (Lipinski definition) is 2. The monoisotopic (exact) mass is 257 g/mol. The molecule has 0 radical (unpaired) electrons. The van der Waals surface area contributed by atoms with E-state index in [1.807, 2.05) is 6.07 Å². The lowest BCUT2D eigenvalue weighted by molar-refractivity contribution is -0.137. The lowest BCUT2D eigenvalue weighted by atomic mass is 10.0. The third-order valence-corrected chi connectivity index (χ3v) is 2.35. The molecule has 0 amide bonds. The van der Waals surface area contributed by atoms with E-state index in [-0.39, 0.29) is 11.1 Å². The molecule has 0 atom stereocenters. The predicted octanol–water partition coefficient (Wildman–Crippen LogP) is 3.91. The van der Waals surface area contributed by atoms with Crippen LogP contribution < -0.4 is 0 Å². The molecule has 0 N–H and O–H groups in total. The molecule has 17 heavy (non-hydrogen) atoms. The van der Waals surface area contributed by atoms with E-state index < -0.39 is 11.7 Å². The van der Waals surface area contributed by atoms with E-state index in [9.17, 15) is 13.2 Å². The molecule has 1 rings (SSSR count). The summed E-state index contributed by atoms with van der Waals surface area (Å²) in [5.41, 5.74) is -0.237. The first-order valence-electron chi connectivity index (χ1n) is 4.88. The summed E-state index contributed by atoms with van der Waals surface area (Å²) in [6.45, 7) is 0. The Kier molecular flexibility index (Phi) is 4.64. The van der Waals surface area contributed by atoms with Gasteiger partial charge in [0.1, 0.15) is 0 Å². The molecule has 0 aliphatic rings. The Morgan fingerprint density at radius 2 is 2.06 bits per heavy atom. The van der Waals surface area contributed by atoms with E-state index in [1.54, 1.807) is 6.08 Å². The quantitative estimate of drug-likeness (QED) is 0.815. The first-order valence-corrected chi connectivity index (χ1v) is 5.51. The largest absolute Gasteiger partial charge is 0.416 e. The summed E-state index contributed by atoms with van der Waals surface area (Å²) in [6, 6.07) is 4.94. The fourth-order valence-electron chi connectivity index (χ4n) is 1.26. The molecule has 5 heteroatoms. The molecule has 1 aromatic carbocycles. The molecule has 0 aliphatic heterocycles. The Morgan fingerprint density at radius 3 is 2.59 bits per heavy atom. The molecule has 1 nitrogen and oxygen atoms in total. The highest BCUT2D eigenvalue weighted by atomic mass is 32.1. The molecular formula is C12H10F3NS. The lowest BCUT2D eigenvalue weighted by Gasteiger charge is -2.08. The van der Waals surface area contributed by atoms with Crippen molar-refractivity contribution in [1.29, 1.82) is 5.26 Å². The summed E-state index contributed by atoms with van der Waals surface area (Å²) in [7, 11) is 0. The molecule has 1 aromatic rings. The van der Waals surface area contributed by atoms with E-state index in [1.165, 1.54) is 12.1 Å². The molecule has 0 saturated carbocycles. The number of nitrogens with zero attached hydrogens (tertiary/aromatic N) is 1. The predicted molar refractivity (Wildman–Crippen MR) is 63.7 cm³/mol. The van der Waals surface area contributed by atoms with E-state index in [4.69, 9.17) is 5.26 Å². The van der Waals surface area contributed by atoms with Crippen LogP contribution in [0.15, 0.2) is 24.3 Å². The summed E-state index contributed by atoms with van der Waals surface area (Å²) in [6.07, 6.45) is -0.530. The summed E-state index contributed by atoms with van der Waals surface area (Å²) in [5, 5.41) is 8.79. The lowest BCUT2D eigenvalue weighted by Crippen LogP contribution is -2.05. The number of allylic oxidation sites excluding steroid dienone is 1. The van der Waals surface area contributed by atoms with Crippen molar-refractivity contribution in [1.82, 2.24) is 0 Å². The summed E-state index contributed by atoms with van der Waals surface area (Å²) in [5.74, 6) is 0.608. The number of rotatable bonds is 3. The average Bonchev–Trinajstić information content (AvgIpc) is 2.28. The maximum Gasteiger partial charge on any atom is 0.416 e. The van der Waals surface area contributed by atoms with Crippen molar-refractivity contribution in [3.05, 3.63) is 41.0 Å². The fraction of sp³-hybridized carbons (Fsp3) is 0.250. The van der Waals surface area contributed by atoms with Gasteiger partial charge in [-0.3, -0.25) is 0 Å². The zero-order valence-electron chi connectivity index (χ0n) is 8.83. The average molecular weight is 257 g/mol. The molecule has 0 aromatic heterocycles. The Hall–Kier alpha value is -1.41. The highest BCUT2D eigenvalue weighted by molar-refractivity contribution is 7.80. The van der Waals surface area contributed by atoms with Crippen LogP contribution in [0.3, 0.4) is 0 Å². The number of halogens is 3. The van der Waals surface area contributed by atoms with Crippen LogP contribution in [0.5, 0.6) is 0 Å². The van der Waals surface area contributed by atoms with Gasteiger partial charge in [-0.2, -0.15) is 31.1 Å². The van der Waals surface area contributed by atoms with Crippen LogP contribution in [0.1, 0.15) is 23.1 Å². The second kappa shape index (κ2) is 5.78. The van der Waals surface area contributed by atoms with Gasteiger partial charge in [0.25, 0.3) is 0 Å². The van der Waals surface area contributed by atoms with Gasteiger partial charge in [-0.05, 0) is 35.9 Å². The Morgan fingerprint density at radius 1 is 1.35 bits per heavy atom.